The number of aliphatic carboxylic acids is 1. The molecular weight excluding hydrogens is 244 g/mol. The number of nitrogens with one attached hydrogen (secondary N) is 1. The molecule has 4 N–H and O–H groups in total. The van der Waals surface area contributed by atoms with Crippen LogP contribution in [0.5, 0.6) is 0 Å². The van der Waals surface area contributed by atoms with Crippen molar-refractivity contribution in [2.24, 2.45) is 5.41 Å². The summed E-state index contributed by atoms with van der Waals surface area (Å²) in [6.07, 6.45) is 0.116. The fraction of sp³-hybridized carbons (Fsp3) is 0.429. The Kier molecular flexibility index (Phi) is 4.53. The Balaban J connectivity index is 2.71. The molecule has 0 saturated heterocycles. The summed E-state index contributed by atoms with van der Waals surface area (Å²) in [4.78, 5) is 23.0. The molecule has 5 nitrogen and oxygen atoms in total. The Bertz CT molecular complexity index is 478. The van der Waals surface area contributed by atoms with Crippen LogP contribution < -0.4 is 11.1 Å². The second-order valence-corrected chi connectivity index (χ2v) is 5.63. The topological polar surface area (TPSA) is 92.4 Å². The number of carboxylic acids is 1. The highest BCUT2D eigenvalue weighted by atomic mass is 16.4. The lowest BCUT2D eigenvalue weighted by atomic mass is 9.86. The molecule has 1 amide bonds. The molecule has 0 saturated carbocycles. The Hall–Kier alpha value is -2.04. The maximum Gasteiger partial charge on any atom is 0.326 e. The number of hydrogen-bond donors (Lipinski definition) is 3. The van der Waals surface area contributed by atoms with Crippen molar-refractivity contribution in [2.75, 3.05) is 5.73 Å². The van der Waals surface area contributed by atoms with E-state index in [9.17, 15) is 9.59 Å². The second kappa shape index (κ2) is 5.73. The fourth-order valence-corrected chi connectivity index (χ4v) is 1.75. The lowest BCUT2D eigenvalue weighted by Crippen LogP contribution is -2.49. The van der Waals surface area contributed by atoms with E-state index in [0.29, 0.717) is 5.69 Å². The fourth-order valence-electron chi connectivity index (χ4n) is 1.75. The average Bonchev–Trinajstić information content (AvgIpc) is 2.24. The van der Waals surface area contributed by atoms with Crippen molar-refractivity contribution in [1.82, 2.24) is 5.32 Å². The number of benzene rings is 1. The van der Waals surface area contributed by atoms with Gasteiger partial charge in [-0.05, 0) is 23.1 Å². The number of amides is 1. The lowest BCUT2D eigenvalue weighted by Gasteiger charge is -2.27. The minimum atomic E-state index is -1.03. The molecule has 1 atom stereocenters. The number of carbonyl (C=O) groups excluding carboxylic acids is 1. The highest BCUT2D eigenvalue weighted by Gasteiger charge is 2.32. The molecule has 1 rings (SSSR count). The van der Waals surface area contributed by atoms with E-state index in [1.54, 1.807) is 45.0 Å². The molecule has 0 aliphatic rings. The normalized spacial score (nSPS) is 12.8. The van der Waals surface area contributed by atoms with Crippen molar-refractivity contribution < 1.29 is 14.7 Å². The van der Waals surface area contributed by atoms with E-state index in [4.69, 9.17) is 10.8 Å². The molecular formula is C14H20N2O3. The molecule has 0 aromatic heterocycles. The highest BCUT2D eigenvalue weighted by Crippen LogP contribution is 2.19. The van der Waals surface area contributed by atoms with Crippen molar-refractivity contribution in [3.8, 4) is 0 Å². The van der Waals surface area contributed by atoms with Crippen molar-refractivity contribution >= 4 is 17.6 Å². The third-order valence-corrected chi connectivity index (χ3v) is 2.73. The van der Waals surface area contributed by atoms with Crippen LogP contribution in [0.3, 0.4) is 0 Å². The first kappa shape index (κ1) is 15.0. The summed E-state index contributed by atoms with van der Waals surface area (Å²) in [7, 11) is 0. The number of carbonyl (C=O) groups is 2. The molecule has 0 fully saturated rings. The van der Waals surface area contributed by atoms with Crippen molar-refractivity contribution in [3.05, 3.63) is 29.8 Å². The van der Waals surface area contributed by atoms with Crippen LogP contribution in [0.25, 0.3) is 0 Å². The van der Waals surface area contributed by atoms with E-state index in [1.807, 2.05) is 0 Å². The summed E-state index contributed by atoms with van der Waals surface area (Å²) in [6, 6.07) is 6.06. The van der Waals surface area contributed by atoms with Crippen LogP contribution >= 0.6 is 0 Å². The van der Waals surface area contributed by atoms with Crippen LogP contribution in [0.1, 0.15) is 26.3 Å². The van der Waals surface area contributed by atoms with Crippen molar-refractivity contribution in [2.45, 2.75) is 33.2 Å². The first-order chi connectivity index (χ1) is 8.70. The summed E-state index contributed by atoms with van der Waals surface area (Å²) >= 11 is 0. The summed E-state index contributed by atoms with van der Waals surface area (Å²) in [6.45, 7) is 5.31. The molecule has 0 heterocycles. The molecule has 1 aromatic carbocycles. The number of hydrogen-bond acceptors (Lipinski definition) is 3. The predicted molar refractivity (Wildman–Crippen MR) is 73.6 cm³/mol. The largest absolute Gasteiger partial charge is 0.480 e. The smallest absolute Gasteiger partial charge is 0.326 e. The molecule has 19 heavy (non-hydrogen) atoms. The summed E-state index contributed by atoms with van der Waals surface area (Å²) in [5, 5.41) is 11.7. The molecule has 104 valence electrons. The van der Waals surface area contributed by atoms with Crippen LogP contribution in [-0.4, -0.2) is 23.0 Å². The van der Waals surface area contributed by atoms with Gasteiger partial charge in [0, 0.05) is 5.69 Å². The zero-order valence-corrected chi connectivity index (χ0v) is 11.4. The van der Waals surface area contributed by atoms with Gasteiger partial charge in [-0.1, -0.05) is 32.9 Å². The second-order valence-electron chi connectivity index (χ2n) is 5.63. The van der Waals surface area contributed by atoms with Gasteiger partial charge in [-0.2, -0.15) is 0 Å². The van der Waals surface area contributed by atoms with Gasteiger partial charge in [0.15, 0.2) is 0 Å². The zero-order valence-electron chi connectivity index (χ0n) is 11.4. The van der Waals surface area contributed by atoms with Gasteiger partial charge in [-0.15, -0.1) is 0 Å². The first-order valence-electron chi connectivity index (χ1n) is 6.07. The number of anilines is 1. The first-order valence-corrected chi connectivity index (χ1v) is 6.07. The number of nitrogens with two attached hydrogens (primary N) is 1. The quantitative estimate of drug-likeness (QED) is 0.717. The van der Waals surface area contributed by atoms with E-state index in [1.165, 1.54) is 0 Å². The monoisotopic (exact) mass is 264 g/mol. The maximum atomic E-state index is 11.9. The minimum Gasteiger partial charge on any atom is -0.480 e. The average molecular weight is 264 g/mol. The van der Waals surface area contributed by atoms with E-state index in [0.717, 1.165) is 5.56 Å². The van der Waals surface area contributed by atoms with Crippen LogP contribution in [-0.2, 0) is 16.0 Å². The van der Waals surface area contributed by atoms with Gasteiger partial charge in [-0.3, -0.25) is 4.79 Å². The Morgan fingerprint density at radius 2 is 2.00 bits per heavy atom. The standard InChI is InChI=1S/C14H20N2O3/c1-14(2,3)12(13(18)19)16-11(17)8-9-5-4-6-10(15)7-9/h4-7,12H,8,15H2,1-3H3,(H,16,17)(H,18,19). The van der Waals surface area contributed by atoms with Crippen LogP contribution in [0.4, 0.5) is 5.69 Å². The summed E-state index contributed by atoms with van der Waals surface area (Å²) < 4.78 is 0. The number of carboxylic acid groups (broad SMARTS) is 1. The maximum absolute atomic E-state index is 11.9. The SMILES string of the molecule is CC(C)(C)C(NC(=O)Cc1cccc(N)c1)C(=O)O. The third kappa shape index (κ3) is 4.62. The Labute approximate surface area is 112 Å². The van der Waals surface area contributed by atoms with Gasteiger partial charge >= 0.3 is 5.97 Å². The molecule has 0 aliphatic heterocycles. The van der Waals surface area contributed by atoms with Gasteiger partial charge < -0.3 is 16.2 Å². The summed E-state index contributed by atoms with van der Waals surface area (Å²) in [5.74, 6) is -1.36. The van der Waals surface area contributed by atoms with Crippen LogP contribution in [0.2, 0.25) is 0 Å². The molecule has 0 bridgehead atoms. The van der Waals surface area contributed by atoms with Crippen molar-refractivity contribution in [1.29, 1.82) is 0 Å². The van der Waals surface area contributed by atoms with Crippen molar-refractivity contribution in [3.63, 3.8) is 0 Å². The van der Waals surface area contributed by atoms with E-state index >= 15 is 0 Å². The minimum absolute atomic E-state index is 0.116. The molecule has 1 aromatic rings. The van der Waals surface area contributed by atoms with Gasteiger partial charge in [0.1, 0.15) is 6.04 Å². The lowest BCUT2D eigenvalue weighted by molar-refractivity contribution is -0.144. The van der Waals surface area contributed by atoms with Gasteiger partial charge in [0.25, 0.3) is 0 Å². The summed E-state index contributed by atoms with van der Waals surface area (Å²) in [5.41, 5.74) is 6.42. The van der Waals surface area contributed by atoms with E-state index < -0.39 is 17.4 Å². The molecule has 1 unspecified atom stereocenters. The van der Waals surface area contributed by atoms with Gasteiger partial charge in [0.2, 0.25) is 5.91 Å². The Morgan fingerprint density at radius 3 is 2.47 bits per heavy atom. The van der Waals surface area contributed by atoms with Gasteiger partial charge in [-0.25, -0.2) is 4.79 Å². The molecule has 0 aliphatic carbocycles. The molecule has 0 radical (unpaired) electrons. The van der Waals surface area contributed by atoms with E-state index in [-0.39, 0.29) is 12.3 Å². The zero-order chi connectivity index (χ0) is 14.6. The number of rotatable bonds is 4. The highest BCUT2D eigenvalue weighted by molar-refractivity contribution is 5.85. The van der Waals surface area contributed by atoms with E-state index in [2.05, 4.69) is 5.32 Å². The third-order valence-electron chi connectivity index (χ3n) is 2.73. The Morgan fingerprint density at radius 1 is 1.37 bits per heavy atom. The molecule has 0 spiro atoms. The van der Waals surface area contributed by atoms with Crippen LogP contribution in [0, 0.1) is 5.41 Å². The van der Waals surface area contributed by atoms with Crippen LogP contribution in [0.15, 0.2) is 24.3 Å². The number of nitrogen functional groups attached to an aromatic ring is 1. The molecule has 5 heteroatoms. The van der Waals surface area contributed by atoms with Gasteiger partial charge in [0.05, 0.1) is 6.42 Å². The predicted octanol–water partition coefficient (Wildman–Crippen LogP) is 1.43.